The molecular formula is C21H27ClN2O2. The third kappa shape index (κ3) is 4.77. The van der Waals surface area contributed by atoms with Crippen LogP contribution in [0, 0.1) is 11.8 Å². The number of hydrogen-bond acceptors (Lipinski definition) is 3. The van der Waals surface area contributed by atoms with E-state index < -0.39 is 0 Å². The maximum atomic E-state index is 12.4. The summed E-state index contributed by atoms with van der Waals surface area (Å²) in [6.07, 6.45) is 3.14. The van der Waals surface area contributed by atoms with Crippen molar-refractivity contribution in [1.82, 2.24) is 5.32 Å². The Hall–Kier alpha value is -2.04. The van der Waals surface area contributed by atoms with Crippen LogP contribution in [-0.4, -0.2) is 19.6 Å². The van der Waals surface area contributed by atoms with Crippen LogP contribution in [0.1, 0.15) is 24.8 Å². The molecule has 0 unspecified atom stereocenters. The third-order valence-electron chi connectivity index (χ3n) is 5.14. The van der Waals surface area contributed by atoms with Crippen molar-refractivity contribution in [1.29, 1.82) is 0 Å². The van der Waals surface area contributed by atoms with Crippen LogP contribution in [0.3, 0.4) is 0 Å². The average Bonchev–Trinajstić information content (AvgIpc) is 3.15. The standard InChI is InChI=1S/C21H26N2O2.ClH/c1-25-19-11-9-17(10-12-19)16-7-5-15(6-8-16)14-23-21(24)20-4-2-3-18(20)13-22;/h5-12,18,20H,2-4,13-14,22H2,1H3,(H,23,24);1H/t18-,20-;/m1./s1. The fourth-order valence-electron chi connectivity index (χ4n) is 3.58. The molecule has 5 heteroatoms. The van der Waals surface area contributed by atoms with Crippen LogP contribution in [0.5, 0.6) is 5.75 Å². The van der Waals surface area contributed by atoms with Crippen LogP contribution in [0.15, 0.2) is 48.5 Å². The largest absolute Gasteiger partial charge is 0.497 e. The van der Waals surface area contributed by atoms with Gasteiger partial charge in [-0.3, -0.25) is 4.79 Å². The van der Waals surface area contributed by atoms with Gasteiger partial charge < -0.3 is 15.8 Å². The molecule has 0 spiro atoms. The monoisotopic (exact) mass is 374 g/mol. The Kier molecular flexibility index (Phi) is 7.49. The molecule has 1 saturated carbocycles. The number of methoxy groups -OCH3 is 1. The van der Waals surface area contributed by atoms with E-state index in [1.165, 1.54) is 0 Å². The number of amides is 1. The summed E-state index contributed by atoms with van der Waals surface area (Å²) in [5, 5.41) is 3.07. The zero-order valence-corrected chi connectivity index (χ0v) is 15.9. The van der Waals surface area contributed by atoms with E-state index >= 15 is 0 Å². The molecule has 0 radical (unpaired) electrons. The van der Waals surface area contributed by atoms with Crippen molar-refractivity contribution < 1.29 is 9.53 Å². The van der Waals surface area contributed by atoms with E-state index in [2.05, 4.69) is 29.6 Å². The number of carbonyl (C=O) groups excluding carboxylic acids is 1. The molecule has 0 bridgehead atoms. The van der Waals surface area contributed by atoms with Crippen LogP contribution in [0.4, 0.5) is 0 Å². The Morgan fingerprint density at radius 2 is 1.69 bits per heavy atom. The van der Waals surface area contributed by atoms with Gasteiger partial charge in [0.15, 0.2) is 0 Å². The van der Waals surface area contributed by atoms with Gasteiger partial charge in [0.05, 0.1) is 7.11 Å². The van der Waals surface area contributed by atoms with Crippen molar-refractivity contribution in [3.05, 3.63) is 54.1 Å². The van der Waals surface area contributed by atoms with Gasteiger partial charge in [-0.05, 0) is 54.1 Å². The zero-order chi connectivity index (χ0) is 17.6. The van der Waals surface area contributed by atoms with E-state index in [-0.39, 0.29) is 24.2 Å². The Morgan fingerprint density at radius 3 is 2.27 bits per heavy atom. The van der Waals surface area contributed by atoms with Gasteiger partial charge in [0.2, 0.25) is 5.91 Å². The normalized spacial score (nSPS) is 18.8. The molecule has 4 nitrogen and oxygen atoms in total. The number of nitrogens with one attached hydrogen (secondary N) is 1. The van der Waals surface area contributed by atoms with Gasteiger partial charge in [0.1, 0.15) is 5.75 Å². The topological polar surface area (TPSA) is 64.3 Å². The van der Waals surface area contributed by atoms with Crippen molar-refractivity contribution >= 4 is 18.3 Å². The van der Waals surface area contributed by atoms with Gasteiger partial charge >= 0.3 is 0 Å². The van der Waals surface area contributed by atoms with Gasteiger partial charge in [0, 0.05) is 12.5 Å². The molecule has 0 aromatic heterocycles. The van der Waals surface area contributed by atoms with Gasteiger partial charge in [0.25, 0.3) is 0 Å². The molecule has 2 aromatic carbocycles. The summed E-state index contributed by atoms with van der Waals surface area (Å²) < 4.78 is 5.19. The molecule has 2 aromatic rings. The molecule has 0 saturated heterocycles. The van der Waals surface area contributed by atoms with Gasteiger partial charge in [-0.2, -0.15) is 0 Å². The highest BCUT2D eigenvalue weighted by Gasteiger charge is 2.31. The first-order chi connectivity index (χ1) is 12.2. The lowest BCUT2D eigenvalue weighted by Crippen LogP contribution is -2.34. The second-order valence-corrected chi connectivity index (χ2v) is 6.68. The Morgan fingerprint density at radius 1 is 1.08 bits per heavy atom. The maximum Gasteiger partial charge on any atom is 0.223 e. The van der Waals surface area contributed by atoms with Gasteiger partial charge in [-0.1, -0.05) is 42.8 Å². The fourth-order valence-corrected chi connectivity index (χ4v) is 3.58. The minimum atomic E-state index is 0. The lowest BCUT2D eigenvalue weighted by atomic mass is 9.95. The summed E-state index contributed by atoms with van der Waals surface area (Å²) >= 11 is 0. The Bertz CT molecular complexity index is 701. The highest BCUT2D eigenvalue weighted by molar-refractivity contribution is 5.85. The molecule has 1 fully saturated rings. The summed E-state index contributed by atoms with van der Waals surface area (Å²) in [5.74, 6) is 1.43. The number of ether oxygens (including phenoxy) is 1. The third-order valence-corrected chi connectivity index (χ3v) is 5.14. The van der Waals surface area contributed by atoms with Gasteiger partial charge in [-0.15, -0.1) is 12.4 Å². The van der Waals surface area contributed by atoms with Gasteiger partial charge in [-0.25, -0.2) is 0 Å². The fraction of sp³-hybridized carbons (Fsp3) is 0.381. The molecule has 3 rings (SSSR count). The molecule has 1 aliphatic rings. The van der Waals surface area contributed by atoms with E-state index in [1.807, 2.05) is 24.3 Å². The smallest absolute Gasteiger partial charge is 0.223 e. The predicted octanol–water partition coefficient (Wildman–Crippen LogP) is 3.78. The Labute approximate surface area is 161 Å². The summed E-state index contributed by atoms with van der Waals surface area (Å²) in [4.78, 5) is 12.4. The number of benzene rings is 2. The number of halogens is 1. The van der Waals surface area contributed by atoms with Crippen molar-refractivity contribution in [3.8, 4) is 16.9 Å². The van der Waals surface area contributed by atoms with E-state index in [0.717, 1.165) is 41.7 Å². The maximum absolute atomic E-state index is 12.4. The van der Waals surface area contributed by atoms with Crippen LogP contribution < -0.4 is 15.8 Å². The summed E-state index contributed by atoms with van der Waals surface area (Å²) in [6, 6.07) is 16.3. The lowest BCUT2D eigenvalue weighted by Gasteiger charge is -2.17. The molecule has 140 valence electrons. The molecule has 0 aliphatic heterocycles. The first-order valence-corrected chi connectivity index (χ1v) is 8.92. The lowest BCUT2D eigenvalue weighted by molar-refractivity contribution is -0.126. The van der Waals surface area contributed by atoms with E-state index in [9.17, 15) is 4.79 Å². The minimum Gasteiger partial charge on any atom is -0.497 e. The molecule has 1 aliphatic carbocycles. The SMILES string of the molecule is COc1ccc(-c2ccc(CNC(=O)[C@@H]3CCC[C@@H]3CN)cc2)cc1.Cl. The number of hydrogen-bond donors (Lipinski definition) is 2. The van der Waals surface area contributed by atoms with Crippen LogP contribution in [0.25, 0.3) is 11.1 Å². The highest BCUT2D eigenvalue weighted by atomic mass is 35.5. The molecule has 0 heterocycles. The van der Waals surface area contributed by atoms with E-state index in [0.29, 0.717) is 19.0 Å². The van der Waals surface area contributed by atoms with Crippen molar-refractivity contribution in [2.24, 2.45) is 17.6 Å². The Balaban J connectivity index is 0.00000243. The summed E-state index contributed by atoms with van der Waals surface area (Å²) in [7, 11) is 1.67. The number of carbonyl (C=O) groups is 1. The minimum absolute atomic E-state index is 0. The van der Waals surface area contributed by atoms with Crippen LogP contribution >= 0.6 is 12.4 Å². The molecule has 26 heavy (non-hydrogen) atoms. The first kappa shape index (κ1) is 20.3. The van der Waals surface area contributed by atoms with Crippen molar-refractivity contribution in [2.45, 2.75) is 25.8 Å². The summed E-state index contributed by atoms with van der Waals surface area (Å²) in [6.45, 7) is 1.17. The summed E-state index contributed by atoms with van der Waals surface area (Å²) in [5.41, 5.74) is 9.17. The molecular weight excluding hydrogens is 348 g/mol. The second kappa shape index (κ2) is 9.60. The predicted molar refractivity (Wildman–Crippen MR) is 107 cm³/mol. The average molecular weight is 375 g/mol. The molecule has 3 N–H and O–H groups in total. The quantitative estimate of drug-likeness (QED) is 0.808. The highest BCUT2D eigenvalue weighted by Crippen LogP contribution is 2.31. The van der Waals surface area contributed by atoms with Crippen molar-refractivity contribution in [3.63, 3.8) is 0 Å². The zero-order valence-electron chi connectivity index (χ0n) is 15.1. The van der Waals surface area contributed by atoms with Crippen LogP contribution in [0.2, 0.25) is 0 Å². The molecule has 1 amide bonds. The first-order valence-electron chi connectivity index (χ1n) is 8.92. The second-order valence-electron chi connectivity index (χ2n) is 6.68. The molecule has 2 atom stereocenters. The van der Waals surface area contributed by atoms with E-state index in [1.54, 1.807) is 7.11 Å². The van der Waals surface area contributed by atoms with Crippen molar-refractivity contribution in [2.75, 3.05) is 13.7 Å². The number of rotatable bonds is 6. The number of nitrogens with two attached hydrogens (primary N) is 1. The van der Waals surface area contributed by atoms with E-state index in [4.69, 9.17) is 10.5 Å². The van der Waals surface area contributed by atoms with Crippen LogP contribution in [-0.2, 0) is 11.3 Å².